The van der Waals surface area contributed by atoms with Crippen LogP contribution < -0.4 is 5.32 Å². The van der Waals surface area contributed by atoms with Gasteiger partial charge < -0.3 is 10.4 Å². The van der Waals surface area contributed by atoms with E-state index in [4.69, 9.17) is 0 Å². The van der Waals surface area contributed by atoms with E-state index in [2.05, 4.69) is 5.32 Å². The van der Waals surface area contributed by atoms with Crippen molar-refractivity contribution in [1.82, 2.24) is 0 Å². The van der Waals surface area contributed by atoms with Crippen LogP contribution in [0.25, 0.3) is 0 Å². The molecule has 0 amide bonds. The molecule has 6 heteroatoms. The molecular weight excluding hydrogens is 284 g/mol. The number of hydrogen-bond acceptors (Lipinski definition) is 4. The van der Waals surface area contributed by atoms with Crippen LogP contribution in [0.1, 0.15) is 28.4 Å². The van der Waals surface area contributed by atoms with Gasteiger partial charge in [0, 0.05) is 12.6 Å². The lowest BCUT2D eigenvalue weighted by molar-refractivity contribution is -0.384. The van der Waals surface area contributed by atoms with Gasteiger partial charge in [0.25, 0.3) is 5.69 Å². The van der Waals surface area contributed by atoms with Gasteiger partial charge in [0.2, 0.25) is 0 Å². The van der Waals surface area contributed by atoms with E-state index < -0.39 is 10.9 Å². The first-order valence-corrected chi connectivity index (χ1v) is 6.86. The molecule has 6 nitrogen and oxygen atoms in total. The second-order valence-electron chi connectivity index (χ2n) is 4.74. The molecule has 0 atom stereocenters. The third-order valence-corrected chi connectivity index (χ3v) is 3.38. The van der Waals surface area contributed by atoms with E-state index in [0.717, 1.165) is 5.56 Å². The standard InChI is InChI=1S/C16H16N2O4/c1-2-12-13(16(19)20)8-9-14(18(21)22)15(12)17-10-11-6-4-3-5-7-11/h3-9,17H,2,10H2,1H3,(H,19,20). The molecule has 0 saturated carbocycles. The third kappa shape index (κ3) is 3.22. The maximum absolute atomic E-state index is 11.3. The first kappa shape index (κ1) is 15.5. The Morgan fingerprint density at radius 3 is 2.45 bits per heavy atom. The van der Waals surface area contributed by atoms with Gasteiger partial charge in [-0.25, -0.2) is 4.79 Å². The molecule has 0 fully saturated rings. The number of nitrogens with one attached hydrogen (secondary N) is 1. The highest BCUT2D eigenvalue weighted by Gasteiger charge is 2.22. The van der Waals surface area contributed by atoms with Gasteiger partial charge in [0.15, 0.2) is 0 Å². The summed E-state index contributed by atoms with van der Waals surface area (Å²) in [4.78, 5) is 22.0. The van der Waals surface area contributed by atoms with E-state index in [1.807, 2.05) is 30.3 Å². The van der Waals surface area contributed by atoms with E-state index in [0.29, 0.717) is 18.5 Å². The van der Waals surface area contributed by atoms with Crippen LogP contribution >= 0.6 is 0 Å². The number of nitrogens with zero attached hydrogens (tertiary/aromatic N) is 1. The largest absolute Gasteiger partial charge is 0.478 e. The maximum Gasteiger partial charge on any atom is 0.336 e. The molecular formula is C16H16N2O4. The van der Waals surface area contributed by atoms with Crippen molar-refractivity contribution in [2.24, 2.45) is 0 Å². The molecule has 0 saturated heterocycles. The van der Waals surface area contributed by atoms with E-state index in [1.54, 1.807) is 6.92 Å². The fourth-order valence-electron chi connectivity index (χ4n) is 2.34. The quantitative estimate of drug-likeness (QED) is 0.629. The Morgan fingerprint density at radius 2 is 1.91 bits per heavy atom. The van der Waals surface area contributed by atoms with Crippen LogP contribution in [0.2, 0.25) is 0 Å². The predicted molar refractivity (Wildman–Crippen MR) is 83.2 cm³/mol. The van der Waals surface area contributed by atoms with Gasteiger partial charge in [-0.15, -0.1) is 0 Å². The third-order valence-electron chi connectivity index (χ3n) is 3.38. The van der Waals surface area contributed by atoms with Crippen molar-refractivity contribution < 1.29 is 14.8 Å². The normalized spacial score (nSPS) is 10.2. The second kappa shape index (κ2) is 6.71. The Balaban J connectivity index is 2.43. The van der Waals surface area contributed by atoms with Crippen LogP contribution in [0.15, 0.2) is 42.5 Å². The van der Waals surface area contributed by atoms with Gasteiger partial charge >= 0.3 is 5.97 Å². The minimum Gasteiger partial charge on any atom is -0.478 e. The number of aromatic carboxylic acids is 1. The lowest BCUT2D eigenvalue weighted by Crippen LogP contribution is -2.10. The number of carboxylic acids is 1. The molecule has 0 aliphatic rings. The van der Waals surface area contributed by atoms with E-state index in [-0.39, 0.29) is 16.9 Å². The Labute approximate surface area is 127 Å². The SMILES string of the molecule is CCc1c(C(=O)O)ccc([N+](=O)[O-])c1NCc1ccccc1. The number of nitro groups is 1. The summed E-state index contributed by atoms with van der Waals surface area (Å²) >= 11 is 0. The minimum atomic E-state index is -1.09. The Hall–Kier alpha value is -2.89. The molecule has 0 heterocycles. The smallest absolute Gasteiger partial charge is 0.336 e. The molecule has 0 bridgehead atoms. The number of nitro benzene ring substituents is 1. The van der Waals surface area contributed by atoms with Gasteiger partial charge in [0.1, 0.15) is 5.69 Å². The summed E-state index contributed by atoms with van der Waals surface area (Å²) in [6, 6.07) is 11.9. The highest BCUT2D eigenvalue weighted by molar-refractivity contribution is 5.93. The molecule has 0 radical (unpaired) electrons. The minimum absolute atomic E-state index is 0.0867. The van der Waals surface area contributed by atoms with Crippen LogP contribution in [0.5, 0.6) is 0 Å². The van der Waals surface area contributed by atoms with Crippen molar-refractivity contribution in [3.8, 4) is 0 Å². The molecule has 0 aliphatic heterocycles. The zero-order valence-electron chi connectivity index (χ0n) is 12.1. The molecule has 2 rings (SSSR count). The number of carboxylic acid groups (broad SMARTS) is 1. The topological polar surface area (TPSA) is 92.5 Å². The molecule has 2 aromatic rings. The van der Waals surface area contributed by atoms with Crippen molar-refractivity contribution in [1.29, 1.82) is 0 Å². The van der Waals surface area contributed by atoms with Crippen LogP contribution in [-0.4, -0.2) is 16.0 Å². The summed E-state index contributed by atoms with van der Waals surface area (Å²) in [6.07, 6.45) is 0.389. The van der Waals surface area contributed by atoms with Crippen LogP contribution in [-0.2, 0) is 13.0 Å². The number of anilines is 1. The average molecular weight is 300 g/mol. The zero-order chi connectivity index (χ0) is 16.1. The lowest BCUT2D eigenvalue weighted by atomic mass is 10.0. The number of rotatable bonds is 6. The fraction of sp³-hybridized carbons (Fsp3) is 0.188. The zero-order valence-corrected chi connectivity index (χ0v) is 12.1. The second-order valence-corrected chi connectivity index (χ2v) is 4.74. The van der Waals surface area contributed by atoms with Gasteiger partial charge in [-0.3, -0.25) is 10.1 Å². The first-order valence-electron chi connectivity index (χ1n) is 6.86. The fourth-order valence-corrected chi connectivity index (χ4v) is 2.34. The summed E-state index contributed by atoms with van der Waals surface area (Å²) in [5.74, 6) is -1.09. The Morgan fingerprint density at radius 1 is 1.23 bits per heavy atom. The van der Waals surface area contributed by atoms with Gasteiger partial charge in [-0.05, 0) is 23.6 Å². The van der Waals surface area contributed by atoms with E-state index in [9.17, 15) is 20.0 Å². The monoisotopic (exact) mass is 300 g/mol. The van der Waals surface area contributed by atoms with Gasteiger partial charge in [-0.1, -0.05) is 37.3 Å². The maximum atomic E-state index is 11.3. The lowest BCUT2D eigenvalue weighted by Gasteiger charge is -2.14. The summed E-state index contributed by atoms with van der Waals surface area (Å²) in [5.41, 5.74) is 1.65. The summed E-state index contributed by atoms with van der Waals surface area (Å²) < 4.78 is 0. The Kier molecular flexibility index (Phi) is 4.73. The Bertz CT molecular complexity index is 699. The van der Waals surface area contributed by atoms with Crippen molar-refractivity contribution in [3.05, 3.63) is 69.3 Å². The number of carbonyl (C=O) groups is 1. The molecule has 0 aromatic heterocycles. The number of hydrogen-bond donors (Lipinski definition) is 2. The molecule has 0 unspecified atom stereocenters. The van der Waals surface area contributed by atoms with Crippen LogP contribution in [0.3, 0.4) is 0 Å². The molecule has 22 heavy (non-hydrogen) atoms. The first-order chi connectivity index (χ1) is 10.5. The van der Waals surface area contributed by atoms with Gasteiger partial charge in [0.05, 0.1) is 10.5 Å². The van der Waals surface area contributed by atoms with E-state index in [1.165, 1.54) is 12.1 Å². The van der Waals surface area contributed by atoms with Gasteiger partial charge in [-0.2, -0.15) is 0 Å². The highest BCUT2D eigenvalue weighted by atomic mass is 16.6. The summed E-state index contributed by atoms with van der Waals surface area (Å²) in [6.45, 7) is 2.16. The summed E-state index contributed by atoms with van der Waals surface area (Å²) in [5, 5.41) is 23.5. The van der Waals surface area contributed by atoms with Crippen molar-refractivity contribution in [2.45, 2.75) is 19.9 Å². The molecule has 2 aromatic carbocycles. The predicted octanol–water partition coefficient (Wildman–Crippen LogP) is 3.47. The average Bonchev–Trinajstić information content (AvgIpc) is 2.52. The van der Waals surface area contributed by atoms with Crippen molar-refractivity contribution >= 4 is 17.3 Å². The van der Waals surface area contributed by atoms with Crippen LogP contribution in [0, 0.1) is 10.1 Å². The van der Waals surface area contributed by atoms with E-state index >= 15 is 0 Å². The summed E-state index contributed by atoms with van der Waals surface area (Å²) in [7, 11) is 0. The van der Waals surface area contributed by atoms with Crippen LogP contribution in [0.4, 0.5) is 11.4 Å². The molecule has 0 spiro atoms. The number of benzene rings is 2. The molecule has 114 valence electrons. The van der Waals surface area contributed by atoms with Crippen molar-refractivity contribution in [2.75, 3.05) is 5.32 Å². The van der Waals surface area contributed by atoms with Crippen molar-refractivity contribution in [3.63, 3.8) is 0 Å². The molecule has 0 aliphatic carbocycles. The highest BCUT2D eigenvalue weighted by Crippen LogP contribution is 2.32. The molecule has 2 N–H and O–H groups in total.